The second-order valence-electron chi connectivity index (χ2n) is 6.04. The Morgan fingerprint density at radius 2 is 1.95 bits per heavy atom. The maximum Gasteiger partial charge on any atom is 0.185 e. The van der Waals surface area contributed by atoms with Crippen LogP contribution in [0.4, 0.5) is 5.13 Å². The summed E-state index contributed by atoms with van der Waals surface area (Å²) < 4.78 is 0. The van der Waals surface area contributed by atoms with Crippen LogP contribution in [0.25, 0.3) is 0 Å². The Hall–Kier alpha value is -0.650. The van der Waals surface area contributed by atoms with Crippen LogP contribution in [0.15, 0.2) is 11.6 Å². The van der Waals surface area contributed by atoms with E-state index in [0.29, 0.717) is 6.04 Å². The maximum absolute atomic E-state index is 6.10. The third-order valence-corrected chi connectivity index (χ3v) is 5.74. The summed E-state index contributed by atoms with van der Waals surface area (Å²) in [4.78, 5) is 9.47. The summed E-state index contributed by atoms with van der Waals surface area (Å²) in [6.07, 6.45) is 8.90. The van der Waals surface area contributed by atoms with E-state index in [1.54, 1.807) is 11.3 Å². The molecular formula is C15H26N4S. The summed E-state index contributed by atoms with van der Waals surface area (Å²) in [6, 6.07) is 0.605. The average Bonchev–Trinajstić information content (AvgIpc) is 3.04. The van der Waals surface area contributed by atoms with Crippen molar-refractivity contribution in [3.8, 4) is 0 Å². The molecule has 1 aromatic heterocycles. The lowest BCUT2D eigenvalue weighted by atomic mass is 9.83. The van der Waals surface area contributed by atoms with Gasteiger partial charge in [-0.3, -0.25) is 4.90 Å². The van der Waals surface area contributed by atoms with Gasteiger partial charge in [0.15, 0.2) is 5.13 Å². The number of thiazole rings is 1. The highest BCUT2D eigenvalue weighted by atomic mass is 32.1. The Bertz CT molecular complexity index is 381. The van der Waals surface area contributed by atoms with E-state index in [2.05, 4.69) is 20.2 Å². The van der Waals surface area contributed by atoms with E-state index in [-0.39, 0.29) is 0 Å². The van der Waals surface area contributed by atoms with Crippen LogP contribution in [-0.2, 0) is 0 Å². The Morgan fingerprint density at radius 3 is 2.55 bits per heavy atom. The molecule has 0 bridgehead atoms. The molecule has 112 valence electrons. The van der Waals surface area contributed by atoms with Gasteiger partial charge in [-0.2, -0.15) is 0 Å². The van der Waals surface area contributed by atoms with Gasteiger partial charge in [-0.25, -0.2) is 4.98 Å². The van der Waals surface area contributed by atoms with Crippen molar-refractivity contribution in [2.75, 3.05) is 37.6 Å². The van der Waals surface area contributed by atoms with Crippen molar-refractivity contribution < 1.29 is 0 Å². The first-order chi connectivity index (χ1) is 9.88. The van der Waals surface area contributed by atoms with E-state index >= 15 is 0 Å². The lowest BCUT2D eigenvalue weighted by Gasteiger charge is -2.43. The molecule has 0 spiro atoms. The first-order valence-corrected chi connectivity index (χ1v) is 8.85. The van der Waals surface area contributed by atoms with Gasteiger partial charge >= 0.3 is 0 Å². The summed E-state index contributed by atoms with van der Waals surface area (Å²) in [6.45, 7) is 5.28. The van der Waals surface area contributed by atoms with Gasteiger partial charge in [-0.15, -0.1) is 11.3 Å². The highest BCUT2D eigenvalue weighted by Crippen LogP contribution is 2.29. The molecule has 2 heterocycles. The fourth-order valence-electron chi connectivity index (χ4n) is 3.78. The Kier molecular flexibility index (Phi) is 4.91. The van der Waals surface area contributed by atoms with Gasteiger partial charge in [0.1, 0.15) is 0 Å². The minimum absolute atomic E-state index is 0.605. The van der Waals surface area contributed by atoms with Gasteiger partial charge in [-0.1, -0.05) is 19.3 Å². The van der Waals surface area contributed by atoms with Crippen LogP contribution < -0.4 is 10.6 Å². The Morgan fingerprint density at radius 1 is 1.20 bits per heavy atom. The number of hydrogen-bond donors (Lipinski definition) is 1. The summed E-state index contributed by atoms with van der Waals surface area (Å²) in [5, 5.41) is 3.23. The third kappa shape index (κ3) is 3.15. The molecule has 4 nitrogen and oxygen atoms in total. The van der Waals surface area contributed by atoms with Gasteiger partial charge in [0.05, 0.1) is 0 Å². The van der Waals surface area contributed by atoms with Gasteiger partial charge in [0, 0.05) is 50.3 Å². The van der Waals surface area contributed by atoms with E-state index in [1.165, 1.54) is 37.2 Å². The lowest BCUT2D eigenvalue weighted by Crippen LogP contribution is -2.55. The molecule has 2 N–H and O–H groups in total. The predicted octanol–water partition coefficient (Wildman–Crippen LogP) is 2.17. The van der Waals surface area contributed by atoms with Gasteiger partial charge in [0.25, 0.3) is 0 Å². The van der Waals surface area contributed by atoms with E-state index in [9.17, 15) is 0 Å². The fraction of sp³-hybridized carbons (Fsp3) is 0.800. The van der Waals surface area contributed by atoms with E-state index in [0.717, 1.165) is 38.6 Å². The van der Waals surface area contributed by atoms with Crippen molar-refractivity contribution in [3.63, 3.8) is 0 Å². The Balaban J connectivity index is 1.55. The molecule has 1 unspecified atom stereocenters. The highest BCUT2D eigenvalue weighted by Gasteiger charge is 2.30. The lowest BCUT2D eigenvalue weighted by molar-refractivity contribution is 0.115. The second-order valence-corrected chi connectivity index (χ2v) is 6.91. The maximum atomic E-state index is 6.10. The van der Waals surface area contributed by atoms with Gasteiger partial charge in [-0.05, 0) is 18.8 Å². The van der Waals surface area contributed by atoms with Crippen molar-refractivity contribution in [3.05, 3.63) is 11.6 Å². The molecule has 1 aromatic rings. The molecule has 1 aliphatic carbocycles. The van der Waals surface area contributed by atoms with Gasteiger partial charge in [0.2, 0.25) is 0 Å². The second kappa shape index (κ2) is 6.87. The van der Waals surface area contributed by atoms with Crippen molar-refractivity contribution in [1.82, 2.24) is 9.88 Å². The normalized spacial score (nSPS) is 23.9. The standard InChI is InChI=1S/C15H26N4S/c16-12-14(13-4-2-1-3-5-13)18-7-9-19(10-8-18)15-17-6-11-20-15/h6,11,13-14H,1-5,7-10,12,16H2. The molecule has 3 rings (SSSR count). The molecule has 1 saturated carbocycles. The van der Waals surface area contributed by atoms with Crippen molar-refractivity contribution in [1.29, 1.82) is 0 Å². The average molecular weight is 294 g/mol. The molecule has 2 aliphatic rings. The van der Waals surface area contributed by atoms with Crippen LogP contribution in [-0.4, -0.2) is 48.6 Å². The molecular weight excluding hydrogens is 268 g/mol. The molecule has 2 fully saturated rings. The fourth-order valence-corrected chi connectivity index (χ4v) is 4.47. The number of nitrogens with zero attached hydrogens (tertiary/aromatic N) is 3. The van der Waals surface area contributed by atoms with Crippen LogP contribution >= 0.6 is 11.3 Å². The zero-order valence-electron chi connectivity index (χ0n) is 12.2. The van der Waals surface area contributed by atoms with E-state index in [1.807, 2.05) is 6.20 Å². The summed E-state index contributed by atoms with van der Waals surface area (Å²) >= 11 is 1.74. The highest BCUT2D eigenvalue weighted by molar-refractivity contribution is 7.13. The number of hydrogen-bond acceptors (Lipinski definition) is 5. The predicted molar refractivity (Wildman–Crippen MR) is 85.3 cm³/mol. The SMILES string of the molecule is NCC(C1CCCCC1)N1CCN(c2nccs2)CC1. The number of rotatable bonds is 4. The topological polar surface area (TPSA) is 45.4 Å². The molecule has 1 aliphatic heterocycles. The molecule has 0 aromatic carbocycles. The van der Waals surface area contributed by atoms with Gasteiger partial charge < -0.3 is 10.6 Å². The van der Waals surface area contributed by atoms with Crippen molar-refractivity contribution >= 4 is 16.5 Å². The first-order valence-electron chi connectivity index (χ1n) is 7.97. The summed E-state index contributed by atoms with van der Waals surface area (Å²) in [5.74, 6) is 0.833. The van der Waals surface area contributed by atoms with Crippen LogP contribution in [0, 0.1) is 5.92 Å². The zero-order valence-corrected chi connectivity index (χ0v) is 13.0. The molecule has 1 atom stereocenters. The van der Waals surface area contributed by atoms with Crippen LogP contribution in [0.3, 0.4) is 0 Å². The van der Waals surface area contributed by atoms with Crippen molar-refractivity contribution in [2.45, 2.75) is 38.1 Å². The molecule has 0 amide bonds. The zero-order chi connectivity index (χ0) is 13.8. The monoisotopic (exact) mass is 294 g/mol. The van der Waals surface area contributed by atoms with Crippen LogP contribution in [0.5, 0.6) is 0 Å². The largest absolute Gasteiger partial charge is 0.346 e. The van der Waals surface area contributed by atoms with Crippen LogP contribution in [0.1, 0.15) is 32.1 Å². The number of aromatic nitrogens is 1. The minimum Gasteiger partial charge on any atom is -0.346 e. The molecule has 1 saturated heterocycles. The molecule has 5 heteroatoms. The summed E-state index contributed by atoms with van der Waals surface area (Å²) in [7, 11) is 0. The number of anilines is 1. The quantitative estimate of drug-likeness (QED) is 0.924. The van der Waals surface area contributed by atoms with Crippen molar-refractivity contribution in [2.24, 2.45) is 11.7 Å². The molecule has 0 radical (unpaired) electrons. The van der Waals surface area contributed by atoms with E-state index < -0.39 is 0 Å². The molecule has 20 heavy (non-hydrogen) atoms. The summed E-state index contributed by atoms with van der Waals surface area (Å²) in [5.41, 5.74) is 6.10. The smallest absolute Gasteiger partial charge is 0.185 e. The first kappa shape index (κ1) is 14.3. The number of nitrogens with two attached hydrogens (primary N) is 1. The van der Waals surface area contributed by atoms with E-state index in [4.69, 9.17) is 5.73 Å². The number of piperazine rings is 1. The third-order valence-electron chi connectivity index (χ3n) is 4.91. The Labute approximate surface area is 126 Å². The van der Waals surface area contributed by atoms with Crippen LogP contribution in [0.2, 0.25) is 0 Å². The minimum atomic E-state index is 0.605.